The predicted molar refractivity (Wildman–Crippen MR) is 278 cm³/mol. The van der Waals surface area contributed by atoms with Gasteiger partial charge in [0, 0.05) is 68.5 Å². The van der Waals surface area contributed by atoms with Crippen LogP contribution in [0.15, 0.2) is 85.2 Å². The van der Waals surface area contributed by atoms with Gasteiger partial charge in [0.25, 0.3) is 5.91 Å². The van der Waals surface area contributed by atoms with E-state index in [1.54, 1.807) is 6.07 Å². The van der Waals surface area contributed by atoms with E-state index in [1.807, 2.05) is 38.1 Å². The number of amides is 1. The van der Waals surface area contributed by atoms with Crippen molar-refractivity contribution in [2.45, 2.75) is 77.3 Å². The topological polar surface area (TPSA) is 174 Å². The Morgan fingerprint density at radius 2 is 1.60 bits per heavy atom. The second-order valence-electron chi connectivity index (χ2n) is 20.2. The third kappa shape index (κ3) is 9.84. The summed E-state index contributed by atoms with van der Waals surface area (Å²) in [6.07, 6.45) is 6.01. The Labute approximate surface area is 424 Å². The van der Waals surface area contributed by atoms with Gasteiger partial charge in [0.15, 0.2) is 11.7 Å². The molecule has 17 heteroatoms. The summed E-state index contributed by atoms with van der Waals surface area (Å²) in [5, 5.41) is 52.5. The Morgan fingerprint density at radius 3 is 2.32 bits per heavy atom. The van der Waals surface area contributed by atoms with Crippen LogP contribution < -0.4 is 14.7 Å². The van der Waals surface area contributed by atoms with Crippen LogP contribution in [0.4, 0.5) is 21.8 Å². The quantitative estimate of drug-likeness (QED) is 0.0993. The molecule has 0 spiro atoms. The third-order valence-corrected chi connectivity index (χ3v) is 15.6. The smallest absolute Gasteiger partial charge is 0.319 e. The fraction of sp³-hybridized carbons (Fsp3) is 0.418. The zero-order valence-corrected chi connectivity index (χ0v) is 41.6. The highest BCUT2D eigenvalue weighted by Crippen LogP contribution is 2.41. The van der Waals surface area contributed by atoms with E-state index in [0.29, 0.717) is 65.7 Å². The van der Waals surface area contributed by atoms with Crippen LogP contribution in [0, 0.1) is 23.2 Å². The summed E-state index contributed by atoms with van der Waals surface area (Å²) in [4.78, 5) is 34.3. The molecule has 4 aliphatic rings. The van der Waals surface area contributed by atoms with E-state index in [9.17, 15) is 29.8 Å². The standard InChI is InChI=1S/C55H61ClFN11O4/c1-34(2)43-29-44(49(70)30-48(43)69)52-61-62-55(72)68(52)40-12-10-36(11-13-40)28-37-15-21-63(22-16-37)31-38-17-23-64(24-18-38)54-59-46-33-65(47-9-5-7-39-6-4-8-45(56)50(39)47)25-19-42(46)51(60-54)66-26-27-67(53(71)35(3)57)41(32-66)14-20-58/h4-13,29-30,34,37-38,41,69-70H,3,14-19,21-28,31-33H2,1-2H3,(H,62,72)/t41-/m0/s1. The van der Waals surface area contributed by atoms with Crippen molar-refractivity contribution in [1.29, 1.82) is 5.26 Å². The Morgan fingerprint density at radius 1 is 0.861 bits per heavy atom. The molecule has 1 amide bonds. The van der Waals surface area contributed by atoms with Crippen molar-refractivity contribution in [3.8, 4) is 40.7 Å². The van der Waals surface area contributed by atoms with Crippen LogP contribution >= 0.6 is 11.6 Å². The van der Waals surface area contributed by atoms with Crippen LogP contribution in [0.5, 0.6) is 17.5 Å². The van der Waals surface area contributed by atoms with Crippen molar-refractivity contribution in [2.75, 3.05) is 73.6 Å². The highest BCUT2D eigenvalue weighted by atomic mass is 35.5. The fourth-order valence-electron chi connectivity index (χ4n) is 11.4. The zero-order chi connectivity index (χ0) is 50.2. The molecular formula is C55H61ClFN11O4. The Kier molecular flexibility index (Phi) is 13.9. The van der Waals surface area contributed by atoms with Crippen LogP contribution in [-0.4, -0.2) is 121 Å². The number of carbonyl (C=O) groups is 1. The number of aromatic nitrogens is 5. The number of rotatable bonds is 12. The molecule has 0 saturated carbocycles. The van der Waals surface area contributed by atoms with Gasteiger partial charge < -0.3 is 39.8 Å². The van der Waals surface area contributed by atoms with Crippen LogP contribution in [0.1, 0.15) is 74.3 Å². The SMILES string of the molecule is C=C(F)C(=O)N1CCN(c2nc(N3CCC(CN4CCC(Cc5ccc(-n6c(O)nnc6-c6cc(C(C)C)c(O)cc6O)cc5)CC4)CC3)nc3c2CCN(c2cccc4cccc(Cl)c24)C3)C[C@@H]1CC#N. The number of hydrogen-bond acceptors (Lipinski definition) is 13. The van der Waals surface area contributed by atoms with Crippen LogP contribution in [0.25, 0.3) is 27.8 Å². The number of piperidine rings is 2. The maximum absolute atomic E-state index is 14.1. The summed E-state index contributed by atoms with van der Waals surface area (Å²) >= 11 is 6.82. The van der Waals surface area contributed by atoms with Gasteiger partial charge in [0.05, 0.1) is 47.0 Å². The number of piperazine rings is 1. The van der Waals surface area contributed by atoms with Gasteiger partial charge in [-0.1, -0.05) is 73.5 Å². The maximum Gasteiger partial charge on any atom is 0.319 e. The lowest BCUT2D eigenvalue weighted by molar-refractivity contribution is -0.131. The number of nitriles is 1. The molecule has 0 bridgehead atoms. The molecule has 1 atom stereocenters. The molecular weight excluding hydrogens is 933 g/mol. The second-order valence-corrected chi connectivity index (χ2v) is 20.6. The maximum atomic E-state index is 14.1. The molecule has 4 aliphatic heterocycles. The zero-order valence-electron chi connectivity index (χ0n) is 40.9. The average Bonchev–Trinajstić information content (AvgIpc) is 3.76. The summed E-state index contributed by atoms with van der Waals surface area (Å²) < 4.78 is 15.6. The van der Waals surface area contributed by atoms with Crippen molar-refractivity contribution >= 4 is 45.7 Å². The van der Waals surface area contributed by atoms with Gasteiger partial charge in [-0.2, -0.15) is 10.2 Å². The molecule has 6 heterocycles. The second kappa shape index (κ2) is 20.6. The molecule has 0 aliphatic carbocycles. The first-order valence-corrected chi connectivity index (χ1v) is 25.6. The molecule has 3 saturated heterocycles. The van der Waals surface area contributed by atoms with Gasteiger partial charge in [0.1, 0.15) is 17.3 Å². The molecule has 72 heavy (non-hydrogen) atoms. The van der Waals surface area contributed by atoms with E-state index in [1.165, 1.54) is 21.1 Å². The van der Waals surface area contributed by atoms with Crippen molar-refractivity contribution in [2.24, 2.45) is 11.8 Å². The molecule has 3 N–H and O–H groups in total. The van der Waals surface area contributed by atoms with E-state index in [-0.39, 0.29) is 42.2 Å². The highest BCUT2D eigenvalue weighted by Gasteiger charge is 2.36. The molecule has 6 aromatic rings. The minimum atomic E-state index is -1.02. The molecule has 374 valence electrons. The van der Waals surface area contributed by atoms with Crippen molar-refractivity contribution < 1.29 is 24.5 Å². The van der Waals surface area contributed by atoms with Crippen molar-refractivity contribution in [1.82, 2.24) is 34.5 Å². The normalized spacial score (nSPS) is 18.2. The Bertz CT molecular complexity index is 3030. The Hall–Kier alpha value is -6.96. The van der Waals surface area contributed by atoms with Gasteiger partial charge in [-0.25, -0.2) is 13.9 Å². The lowest BCUT2D eigenvalue weighted by atomic mass is 9.89. The van der Waals surface area contributed by atoms with E-state index >= 15 is 0 Å². The largest absolute Gasteiger partial charge is 0.508 e. The van der Waals surface area contributed by atoms with Gasteiger partial charge in [-0.05, 0) is 116 Å². The predicted octanol–water partition coefficient (Wildman–Crippen LogP) is 8.92. The first-order valence-electron chi connectivity index (χ1n) is 25.2. The van der Waals surface area contributed by atoms with Crippen LogP contribution in [-0.2, 0) is 24.2 Å². The molecule has 2 aromatic heterocycles. The first kappa shape index (κ1) is 48.7. The van der Waals surface area contributed by atoms with Crippen molar-refractivity contribution in [3.63, 3.8) is 0 Å². The number of anilines is 3. The number of carbonyl (C=O) groups excluding carboxylic acids is 1. The molecule has 15 nitrogen and oxygen atoms in total. The number of phenols is 2. The van der Waals surface area contributed by atoms with E-state index in [0.717, 1.165) is 105 Å². The minimum Gasteiger partial charge on any atom is -0.508 e. The molecule has 0 unspecified atom stereocenters. The average molecular weight is 995 g/mol. The summed E-state index contributed by atoms with van der Waals surface area (Å²) in [5.41, 5.74) is 6.01. The van der Waals surface area contributed by atoms with Gasteiger partial charge in [0.2, 0.25) is 5.95 Å². The summed E-state index contributed by atoms with van der Waals surface area (Å²) in [6.45, 7) is 14.4. The number of phenolic OH excluding ortho intramolecular Hbond substituents is 2. The van der Waals surface area contributed by atoms with Gasteiger partial charge in [-0.3, -0.25) is 4.79 Å². The third-order valence-electron chi connectivity index (χ3n) is 15.3. The van der Waals surface area contributed by atoms with Gasteiger partial charge in [-0.15, -0.1) is 5.10 Å². The number of aromatic hydroxyl groups is 3. The highest BCUT2D eigenvalue weighted by molar-refractivity contribution is 6.36. The summed E-state index contributed by atoms with van der Waals surface area (Å²) in [7, 11) is 0. The summed E-state index contributed by atoms with van der Waals surface area (Å²) in [6, 6.07) is 24.7. The van der Waals surface area contributed by atoms with Crippen LogP contribution in [0.3, 0.4) is 0 Å². The summed E-state index contributed by atoms with van der Waals surface area (Å²) in [5.74, 6) is 0.997. The van der Waals surface area contributed by atoms with Crippen LogP contribution in [0.2, 0.25) is 5.02 Å². The molecule has 4 aromatic carbocycles. The lowest BCUT2D eigenvalue weighted by Crippen LogP contribution is -2.56. The van der Waals surface area contributed by atoms with E-state index < -0.39 is 17.8 Å². The Balaban J connectivity index is 0.786. The number of halogens is 2. The lowest BCUT2D eigenvalue weighted by Gasteiger charge is -2.43. The molecule has 0 radical (unpaired) electrons. The minimum absolute atomic E-state index is 0.00525. The fourth-order valence-corrected chi connectivity index (χ4v) is 11.7. The monoisotopic (exact) mass is 993 g/mol. The number of benzene rings is 4. The van der Waals surface area contributed by atoms with E-state index in [4.69, 9.17) is 21.6 Å². The number of fused-ring (bicyclic) bond motifs is 2. The molecule has 3 fully saturated rings. The number of nitrogens with zero attached hydrogens (tertiary/aromatic N) is 11. The number of hydrogen-bond donors (Lipinski definition) is 3. The first-order chi connectivity index (χ1) is 34.8. The van der Waals surface area contributed by atoms with Crippen molar-refractivity contribution in [3.05, 3.63) is 113 Å². The number of likely N-dealkylation sites (tertiary alicyclic amines) is 1. The molecule has 10 rings (SSSR count). The van der Waals surface area contributed by atoms with Gasteiger partial charge >= 0.3 is 6.01 Å². The van der Waals surface area contributed by atoms with E-state index in [2.05, 4.69) is 78.8 Å².